The second kappa shape index (κ2) is 70.5. The predicted octanol–water partition coefficient (Wildman–Crippen LogP) is 23.3. The number of carbonyl (C=O) groups is 3. The molecule has 0 aliphatic heterocycles. The van der Waals surface area contributed by atoms with Crippen LogP contribution in [-0.2, 0) is 14.4 Å². The molecule has 0 fully saturated rings. The second-order valence-electron chi connectivity index (χ2n) is 23.9. The predicted molar refractivity (Wildman–Crippen MR) is 346 cm³/mol. The first-order valence-corrected chi connectivity index (χ1v) is 35.6. The van der Waals surface area contributed by atoms with Crippen LogP contribution in [0.2, 0.25) is 0 Å². The molecule has 77 heavy (non-hydrogen) atoms. The van der Waals surface area contributed by atoms with Crippen molar-refractivity contribution in [1.29, 1.82) is 0 Å². The molecule has 0 unspecified atom stereocenters. The van der Waals surface area contributed by atoms with Gasteiger partial charge >= 0.3 is 0 Å². The lowest BCUT2D eigenvalue weighted by Crippen LogP contribution is -2.32. The Bertz CT molecular complexity index is 1110. The van der Waals surface area contributed by atoms with Gasteiger partial charge in [-0.3, -0.25) is 14.4 Å². The van der Waals surface area contributed by atoms with E-state index in [0.29, 0.717) is 17.7 Å². The van der Waals surface area contributed by atoms with Crippen molar-refractivity contribution in [1.82, 2.24) is 14.7 Å². The SMILES string of the molecule is CCCCCCCCCCCCCC(=O)N(CCCC)CCCC.CCCCCCCCCCCCCCCC(=O)N(CCCC)CCCC.CCCCCCCCCCCCCCCCC(=O)N(CCCC)CCCC. The smallest absolute Gasteiger partial charge is 0.222 e. The van der Waals surface area contributed by atoms with Gasteiger partial charge in [-0.2, -0.15) is 0 Å². The summed E-state index contributed by atoms with van der Waals surface area (Å²) in [6.45, 7) is 25.9. The summed E-state index contributed by atoms with van der Waals surface area (Å²) < 4.78 is 0. The van der Waals surface area contributed by atoms with Gasteiger partial charge in [0.25, 0.3) is 0 Å². The van der Waals surface area contributed by atoms with E-state index in [-0.39, 0.29) is 0 Å². The molecule has 462 valence electrons. The molecule has 0 aromatic heterocycles. The normalized spacial score (nSPS) is 11.0. The number of amides is 3. The number of hydrogen-bond acceptors (Lipinski definition) is 3. The number of unbranched alkanes of at least 4 members (excludes halogenated alkanes) is 41. The molecule has 0 saturated heterocycles. The molecule has 3 amide bonds. The summed E-state index contributed by atoms with van der Waals surface area (Å²) in [5.41, 5.74) is 0. The maximum atomic E-state index is 12.4. The van der Waals surface area contributed by atoms with E-state index in [2.05, 4.69) is 77.0 Å². The van der Waals surface area contributed by atoms with E-state index in [4.69, 9.17) is 0 Å². The van der Waals surface area contributed by atoms with Crippen molar-refractivity contribution in [3.8, 4) is 0 Å². The molecule has 0 N–H and O–H groups in total. The zero-order valence-corrected chi connectivity index (χ0v) is 54.8. The van der Waals surface area contributed by atoms with Crippen LogP contribution in [0.3, 0.4) is 0 Å². The van der Waals surface area contributed by atoms with E-state index in [1.54, 1.807) is 0 Å². The molecule has 0 heterocycles. The van der Waals surface area contributed by atoms with Crippen LogP contribution in [0.25, 0.3) is 0 Å². The first-order chi connectivity index (χ1) is 37.8. The summed E-state index contributed by atoms with van der Waals surface area (Å²) in [6, 6.07) is 0. The Kier molecular flexibility index (Phi) is 72.9. The maximum Gasteiger partial charge on any atom is 0.222 e. The minimum atomic E-state index is 0.396. The van der Waals surface area contributed by atoms with Gasteiger partial charge in [-0.25, -0.2) is 0 Å². The van der Waals surface area contributed by atoms with E-state index < -0.39 is 0 Å². The lowest BCUT2D eigenvalue weighted by Gasteiger charge is -2.22. The average Bonchev–Trinajstić information content (AvgIpc) is 3.44. The molecule has 6 nitrogen and oxygen atoms in total. The van der Waals surface area contributed by atoms with Gasteiger partial charge in [0.1, 0.15) is 0 Å². The first kappa shape index (κ1) is 79.6. The highest BCUT2D eigenvalue weighted by Crippen LogP contribution is 2.17. The molecule has 0 aromatic rings. The topological polar surface area (TPSA) is 60.9 Å². The standard InChI is InChI=1S/C25H51NO.C24H49NO.C22H45NO/c1-4-7-10-11-12-13-14-15-16-17-18-19-20-21-22-25(27)26(23-8-5-2)24-9-6-3;1-4-7-10-11-12-13-14-15-16-17-18-19-20-21-24(26)25(22-8-5-2)23-9-6-3;1-4-7-10-11-12-13-14-15-16-17-18-19-22(24)23(20-8-5-2)21-9-6-3/h4-24H2,1-3H3;4-23H2,1-3H3;4-21H2,1-3H3. The van der Waals surface area contributed by atoms with Gasteiger partial charge in [0, 0.05) is 58.5 Å². The Balaban J connectivity index is -0.00000107. The van der Waals surface area contributed by atoms with Gasteiger partial charge in [-0.15, -0.1) is 0 Å². The van der Waals surface area contributed by atoms with Crippen molar-refractivity contribution < 1.29 is 14.4 Å². The third-order valence-corrected chi connectivity index (χ3v) is 16.0. The van der Waals surface area contributed by atoms with Gasteiger partial charge in [0.2, 0.25) is 17.7 Å². The zero-order chi connectivity index (χ0) is 57.2. The van der Waals surface area contributed by atoms with Gasteiger partial charge in [0.05, 0.1) is 0 Å². The van der Waals surface area contributed by atoms with Gasteiger partial charge in [-0.05, 0) is 57.8 Å². The second-order valence-corrected chi connectivity index (χ2v) is 23.9. The molecule has 0 spiro atoms. The van der Waals surface area contributed by atoms with Crippen molar-refractivity contribution in [3.63, 3.8) is 0 Å². The molecule has 0 radical (unpaired) electrons. The van der Waals surface area contributed by atoms with Crippen LogP contribution in [0.15, 0.2) is 0 Å². The molecule has 0 saturated carbocycles. The monoisotopic (exact) mass is 1090 g/mol. The van der Waals surface area contributed by atoms with E-state index in [1.807, 2.05) is 0 Å². The zero-order valence-electron chi connectivity index (χ0n) is 54.8. The Morgan fingerprint density at radius 3 is 0.416 bits per heavy atom. The summed E-state index contributed by atoms with van der Waals surface area (Å²) >= 11 is 0. The Labute approximate surface area is 486 Å². The van der Waals surface area contributed by atoms with E-state index in [1.165, 1.54) is 263 Å². The summed E-state index contributed by atoms with van der Waals surface area (Å²) in [4.78, 5) is 43.5. The lowest BCUT2D eigenvalue weighted by atomic mass is 10.0. The van der Waals surface area contributed by atoms with Crippen LogP contribution in [0.4, 0.5) is 0 Å². The van der Waals surface area contributed by atoms with E-state index in [9.17, 15) is 14.4 Å². The molecule has 0 rings (SSSR count). The number of carbonyl (C=O) groups excluding carboxylic acids is 3. The molecule has 0 aromatic carbocycles. The van der Waals surface area contributed by atoms with Crippen molar-refractivity contribution in [3.05, 3.63) is 0 Å². The molecular weight excluding hydrogens is 943 g/mol. The minimum Gasteiger partial charge on any atom is -0.343 e. The molecule has 0 bridgehead atoms. The van der Waals surface area contributed by atoms with Crippen molar-refractivity contribution in [2.75, 3.05) is 39.3 Å². The minimum absolute atomic E-state index is 0.396. The highest BCUT2D eigenvalue weighted by molar-refractivity contribution is 5.76. The van der Waals surface area contributed by atoms with E-state index >= 15 is 0 Å². The molecule has 0 atom stereocenters. The summed E-state index contributed by atoms with van der Waals surface area (Å²) in [5, 5.41) is 0. The van der Waals surface area contributed by atoms with Gasteiger partial charge < -0.3 is 14.7 Å². The van der Waals surface area contributed by atoms with Gasteiger partial charge in [-0.1, -0.05) is 326 Å². The maximum absolute atomic E-state index is 12.4. The Morgan fingerprint density at radius 2 is 0.286 bits per heavy atom. The average molecular weight is 1090 g/mol. The molecule has 6 heteroatoms. The number of rotatable bonds is 59. The quantitative estimate of drug-likeness (QED) is 0.0570. The van der Waals surface area contributed by atoms with Crippen LogP contribution in [-0.4, -0.2) is 71.7 Å². The van der Waals surface area contributed by atoms with Gasteiger partial charge in [0.15, 0.2) is 0 Å². The third kappa shape index (κ3) is 63.5. The fraction of sp³-hybridized carbons (Fsp3) is 0.958. The van der Waals surface area contributed by atoms with Crippen LogP contribution < -0.4 is 0 Å². The fourth-order valence-corrected chi connectivity index (χ4v) is 10.4. The number of hydrogen-bond donors (Lipinski definition) is 0. The molecular formula is C71H145N3O3. The van der Waals surface area contributed by atoms with E-state index in [0.717, 1.165) is 116 Å². The molecule has 0 aliphatic rings. The molecule has 0 aliphatic carbocycles. The Morgan fingerprint density at radius 1 is 0.169 bits per heavy atom. The summed E-state index contributed by atoms with van der Waals surface area (Å²) in [5.74, 6) is 1.19. The van der Waals surface area contributed by atoms with Crippen molar-refractivity contribution in [2.24, 2.45) is 0 Å². The largest absolute Gasteiger partial charge is 0.343 e. The lowest BCUT2D eigenvalue weighted by molar-refractivity contribution is -0.132. The number of nitrogens with zero attached hydrogens (tertiary/aromatic N) is 3. The third-order valence-electron chi connectivity index (χ3n) is 16.0. The first-order valence-electron chi connectivity index (χ1n) is 35.6. The van der Waals surface area contributed by atoms with Crippen molar-refractivity contribution in [2.45, 2.75) is 403 Å². The van der Waals surface area contributed by atoms with Crippen LogP contribution in [0.1, 0.15) is 403 Å². The fourth-order valence-electron chi connectivity index (χ4n) is 10.4. The summed E-state index contributed by atoms with van der Waals surface area (Å²) in [7, 11) is 0. The highest BCUT2D eigenvalue weighted by Gasteiger charge is 2.14. The van der Waals surface area contributed by atoms with Crippen LogP contribution >= 0.6 is 0 Å². The van der Waals surface area contributed by atoms with Crippen molar-refractivity contribution >= 4 is 17.7 Å². The highest BCUT2D eigenvalue weighted by atomic mass is 16.2. The summed E-state index contributed by atoms with van der Waals surface area (Å²) in [6.07, 6.45) is 68.0. The van der Waals surface area contributed by atoms with Crippen LogP contribution in [0, 0.1) is 0 Å². The Hall–Kier alpha value is -1.59. The van der Waals surface area contributed by atoms with Crippen LogP contribution in [0.5, 0.6) is 0 Å².